The van der Waals surface area contributed by atoms with Crippen molar-refractivity contribution in [3.8, 4) is 5.75 Å². The molecule has 1 rings (SSSR count). The van der Waals surface area contributed by atoms with Crippen LogP contribution in [0.3, 0.4) is 0 Å². The van der Waals surface area contributed by atoms with E-state index in [0.717, 1.165) is 16.9 Å². The van der Waals surface area contributed by atoms with E-state index in [-0.39, 0.29) is 5.16 Å². The van der Waals surface area contributed by atoms with Gasteiger partial charge >= 0.3 is 0 Å². The molecule has 0 saturated carbocycles. The molecule has 0 atom stereocenters. The molecule has 0 bridgehead atoms. The summed E-state index contributed by atoms with van der Waals surface area (Å²) >= 11 is 5.69. The lowest BCUT2D eigenvalue weighted by Crippen LogP contribution is -2.24. The van der Waals surface area contributed by atoms with Crippen LogP contribution in [-0.2, 0) is 6.54 Å². The highest BCUT2D eigenvalue weighted by Gasteiger charge is 2.04. The molecule has 0 heterocycles. The van der Waals surface area contributed by atoms with Crippen LogP contribution in [0.15, 0.2) is 40.9 Å². The van der Waals surface area contributed by atoms with Crippen molar-refractivity contribution in [1.82, 2.24) is 10.6 Å². The molecule has 6 heteroatoms. The van der Waals surface area contributed by atoms with Crippen molar-refractivity contribution in [2.75, 3.05) is 14.2 Å². The molecule has 0 saturated heterocycles. The van der Waals surface area contributed by atoms with E-state index in [0.29, 0.717) is 18.1 Å². The molecule has 20 heavy (non-hydrogen) atoms. The third-order valence-corrected chi connectivity index (χ3v) is 2.97. The van der Waals surface area contributed by atoms with Gasteiger partial charge in [0.15, 0.2) is 0 Å². The van der Waals surface area contributed by atoms with E-state index in [4.69, 9.17) is 27.8 Å². The van der Waals surface area contributed by atoms with Crippen molar-refractivity contribution in [2.24, 2.45) is 11.5 Å². The summed E-state index contributed by atoms with van der Waals surface area (Å²) in [6.45, 7) is 2.63. The molecule has 0 unspecified atom stereocenters. The Morgan fingerprint density at radius 2 is 2.10 bits per heavy atom. The molecule has 0 aliphatic heterocycles. The molecule has 0 aromatic heterocycles. The lowest BCUT2D eigenvalue weighted by Gasteiger charge is -2.13. The maximum Gasteiger partial charge on any atom is 0.120 e. The quantitative estimate of drug-likeness (QED) is 0.472. The van der Waals surface area contributed by atoms with Gasteiger partial charge in [0.25, 0.3) is 0 Å². The Morgan fingerprint density at radius 3 is 2.60 bits per heavy atom. The van der Waals surface area contributed by atoms with Crippen LogP contribution >= 0.6 is 11.6 Å². The van der Waals surface area contributed by atoms with Gasteiger partial charge in [0, 0.05) is 13.6 Å². The Hall–Kier alpha value is -2.01. The van der Waals surface area contributed by atoms with Crippen molar-refractivity contribution in [3.05, 3.63) is 52.1 Å². The number of methoxy groups -OCH3 is 1. The number of nitrogens with two attached hydrogens (primary N) is 2. The molecule has 0 aliphatic rings. The smallest absolute Gasteiger partial charge is 0.120 e. The van der Waals surface area contributed by atoms with Gasteiger partial charge < -0.3 is 26.8 Å². The summed E-state index contributed by atoms with van der Waals surface area (Å²) in [4.78, 5) is 0. The second-order valence-corrected chi connectivity index (χ2v) is 4.69. The van der Waals surface area contributed by atoms with Gasteiger partial charge in [0.1, 0.15) is 16.7 Å². The molecule has 0 radical (unpaired) electrons. The average molecular weight is 297 g/mol. The van der Waals surface area contributed by atoms with Crippen LogP contribution in [0.5, 0.6) is 5.75 Å². The highest BCUT2D eigenvalue weighted by Crippen LogP contribution is 2.17. The number of hydrogen-bond donors (Lipinski definition) is 4. The minimum absolute atomic E-state index is 0.164. The fourth-order valence-electron chi connectivity index (χ4n) is 1.68. The lowest BCUT2D eigenvalue weighted by molar-refractivity contribution is 0.414. The van der Waals surface area contributed by atoms with E-state index >= 15 is 0 Å². The molecular formula is C14H21ClN4O. The van der Waals surface area contributed by atoms with Crippen LogP contribution in [0.1, 0.15) is 11.1 Å². The number of nitrogens with one attached hydrogen (secondary N) is 2. The first kappa shape index (κ1) is 16.0. The summed E-state index contributed by atoms with van der Waals surface area (Å²) in [5.74, 6) is 1.31. The first-order valence-corrected chi connectivity index (χ1v) is 6.53. The van der Waals surface area contributed by atoms with Crippen molar-refractivity contribution in [1.29, 1.82) is 0 Å². The third kappa shape index (κ3) is 4.59. The normalized spacial score (nSPS) is 12.7. The maximum atomic E-state index is 5.84. The van der Waals surface area contributed by atoms with Gasteiger partial charge in [-0.05, 0) is 36.3 Å². The second kappa shape index (κ2) is 7.55. The van der Waals surface area contributed by atoms with Crippen molar-refractivity contribution < 1.29 is 4.74 Å². The molecule has 110 valence electrons. The minimum Gasteiger partial charge on any atom is -0.497 e. The number of rotatable bonds is 6. The first-order chi connectivity index (χ1) is 9.47. The Kier molecular flexibility index (Phi) is 6.06. The van der Waals surface area contributed by atoms with E-state index in [1.807, 2.05) is 25.1 Å². The van der Waals surface area contributed by atoms with Gasteiger partial charge in [-0.1, -0.05) is 17.7 Å². The van der Waals surface area contributed by atoms with E-state index in [1.165, 1.54) is 0 Å². The maximum absolute atomic E-state index is 5.84. The molecule has 0 aliphatic carbocycles. The van der Waals surface area contributed by atoms with Crippen LogP contribution in [0.2, 0.25) is 0 Å². The summed E-state index contributed by atoms with van der Waals surface area (Å²) in [5.41, 5.74) is 14.2. The molecule has 0 fully saturated rings. The van der Waals surface area contributed by atoms with E-state index in [9.17, 15) is 0 Å². The monoisotopic (exact) mass is 296 g/mol. The first-order valence-electron chi connectivity index (χ1n) is 6.15. The third-order valence-electron chi connectivity index (χ3n) is 2.86. The Bertz CT molecular complexity index is 522. The molecule has 6 N–H and O–H groups in total. The molecule has 0 amide bonds. The van der Waals surface area contributed by atoms with E-state index < -0.39 is 0 Å². The van der Waals surface area contributed by atoms with Crippen molar-refractivity contribution >= 4 is 11.6 Å². The largest absolute Gasteiger partial charge is 0.497 e. The van der Waals surface area contributed by atoms with E-state index in [1.54, 1.807) is 20.2 Å². The van der Waals surface area contributed by atoms with Crippen molar-refractivity contribution in [3.63, 3.8) is 0 Å². The zero-order valence-corrected chi connectivity index (χ0v) is 12.7. The zero-order chi connectivity index (χ0) is 15.1. The number of aryl methyl sites for hydroxylation is 1. The van der Waals surface area contributed by atoms with Crippen molar-refractivity contribution in [2.45, 2.75) is 13.5 Å². The van der Waals surface area contributed by atoms with Gasteiger partial charge in [-0.2, -0.15) is 0 Å². The highest BCUT2D eigenvalue weighted by atomic mass is 35.5. The number of hydrogen-bond acceptors (Lipinski definition) is 5. The van der Waals surface area contributed by atoms with Gasteiger partial charge in [0.2, 0.25) is 0 Å². The van der Waals surface area contributed by atoms with Crippen LogP contribution in [0, 0.1) is 6.92 Å². The number of ether oxygens (including phenoxy) is 1. The fraction of sp³-hybridized carbons (Fsp3) is 0.286. The average Bonchev–Trinajstić information content (AvgIpc) is 2.43. The topological polar surface area (TPSA) is 85.3 Å². The van der Waals surface area contributed by atoms with Gasteiger partial charge in [0.05, 0.1) is 12.8 Å². The highest BCUT2D eigenvalue weighted by molar-refractivity contribution is 6.29. The molecule has 1 aromatic rings. The molecular weight excluding hydrogens is 276 g/mol. The van der Waals surface area contributed by atoms with Crippen LogP contribution in [0.4, 0.5) is 0 Å². The standard InChI is InChI=1S/C14H21ClN4O/c1-9-6-11(20-3)5-4-10(9)8-19-12(7-13(15)16)14(17)18-2/h4-7,18-19H,8,16-17H2,1-3H3/b13-7-,14-12-. The second-order valence-electron chi connectivity index (χ2n) is 4.25. The van der Waals surface area contributed by atoms with Crippen LogP contribution in [0.25, 0.3) is 0 Å². The summed E-state index contributed by atoms with van der Waals surface area (Å²) in [6, 6.07) is 5.90. The Morgan fingerprint density at radius 1 is 1.40 bits per heavy atom. The van der Waals surface area contributed by atoms with Crippen LogP contribution < -0.4 is 26.8 Å². The number of halogens is 1. The summed E-state index contributed by atoms with van der Waals surface area (Å²) in [6.07, 6.45) is 1.58. The van der Waals surface area contributed by atoms with E-state index in [2.05, 4.69) is 10.6 Å². The fourth-order valence-corrected chi connectivity index (χ4v) is 1.79. The Labute approximate surface area is 124 Å². The Balaban J connectivity index is 2.86. The predicted octanol–water partition coefficient (Wildman–Crippen LogP) is 1.48. The zero-order valence-electron chi connectivity index (χ0n) is 12.0. The predicted molar refractivity (Wildman–Crippen MR) is 83.0 cm³/mol. The molecule has 1 aromatic carbocycles. The van der Waals surface area contributed by atoms with Gasteiger partial charge in [-0.15, -0.1) is 0 Å². The SMILES string of the molecule is CN/C(N)=C(/C=C(\N)Cl)NCc1ccc(OC)cc1C. The summed E-state index contributed by atoms with van der Waals surface area (Å²) < 4.78 is 5.18. The molecule has 5 nitrogen and oxygen atoms in total. The van der Waals surface area contributed by atoms with Gasteiger partial charge in [-0.3, -0.25) is 0 Å². The number of allylic oxidation sites excluding steroid dienone is 1. The number of benzene rings is 1. The minimum atomic E-state index is 0.164. The van der Waals surface area contributed by atoms with Crippen LogP contribution in [-0.4, -0.2) is 14.2 Å². The summed E-state index contributed by atoms with van der Waals surface area (Å²) in [7, 11) is 3.38. The molecule has 0 spiro atoms. The summed E-state index contributed by atoms with van der Waals surface area (Å²) in [5, 5.41) is 6.23. The lowest BCUT2D eigenvalue weighted by atomic mass is 10.1. The van der Waals surface area contributed by atoms with Gasteiger partial charge in [-0.25, -0.2) is 0 Å².